The summed E-state index contributed by atoms with van der Waals surface area (Å²) in [4.78, 5) is 0. The van der Waals surface area contributed by atoms with Crippen LogP contribution in [0.25, 0.3) is 5.57 Å². The van der Waals surface area contributed by atoms with Gasteiger partial charge in [-0.1, -0.05) is 56.5 Å². The number of rotatable bonds is 7. The predicted molar refractivity (Wildman–Crippen MR) is 97.3 cm³/mol. The summed E-state index contributed by atoms with van der Waals surface area (Å²) in [5.74, 6) is 0. The molecule has 1 atom stereocenters. The first-order chi connectivity index (χ1) is 11.3. The lowest BCUT2D eigenvalue weighted by atomic mass is 9.87. The van der Waals surface area contributed by atoms with Gasteiger partial charge >= 0.3 is 0 Å². The fourth-order valence-corrected chi connectivity index (χ4v) is 3.35. The van der Waals surface area contributed by atoms with E-state index in [4.69, 9.17) is 9.47 Å². The zero-order chi connectivity index (χ0) is 16.4. The summed E-state index contributed by atoms with van der Waals surface area (Å²) in [5, 5.41) is 0. The third kappa shape index (κ3) is 6.02. The lowest BCUT2D eigenvalue weighted by Gasteiger charge is -2.35. The average Bonchev–Trinajstić information content (AvgIpc) is 2.57. The van der Waals surface area contributed by atoms with E-state index in [-0.39, 0.29) is 5.60 Å². The van der Waals surface area contributed by atoms with Gasteiger partial charge in [0.05, 0.1) is 18.5 Å². The van der Waals surface area contributed by atoms with Gasteiger partial charge in [-0.05, 0) is 50.2 Å². The van der Waals surface area contributed by atoms with Crippen LogP contribution in [0.3, 0.4) is 0 Å². The first kappa shape index (κ1) is 18.1. The highest BCUT2D eigenvalue weighted by atomic mass is 16.5. The van der Waals surface area contributed by atoms with Crippen LogP contribution in [0, 0.1) is 0 Å². The van der Waals surface area contributed by atoms with E-state index in [9.17, 15) is 0 Å². The Balaban J connectivity index is 1.74. The van der Waals surface area contributed by atoms with Crippen molar-refractivity contribution in [1.29, 1.82) is 0 Å². The molecule has 2 nitrogen and oxygen atoms in total. The summed E-state index contributed by atoms with van der Waals surface area (Å²) in [7, 11) is 0. The first-order valence-corrected chi connectivity index (χ1v) is 9.23. The second-order valence-corrected chi connectivity index (χ2v) is 6.69. The van der Waals surface area contributed by atoms with Crippen molar-refractivity contribution in [3.63, 3.8) is 0 Å². The third-order valence-corrected chi connectivity index (χ3v) is 4.96. The molecule has 0 radical (unpaired) electrons. The van der Waals surface area contributed by atoms with Crippen molar-refractivity contribution in [2.75, 3.05) is 13.2 Å². The topological polar surface area (TPSA) is 18.5 Å². The molecule has 0 amide bonds. The van der Waals surface area contributed by atoms with Gasteiger partial charge in [0.1, 0.15) is 0 Å². The molecule has 23 heavy (non-hydrogen) atoms. The van der Waals surface area contributed by atoms with Gasteiger partial charge in [-0.15, -0.1) is 0 Å². The highest BCUT2D eigenvalue weighted by Gasteiger charge is 2.28. The van der Waals surface area contributed by atoms with Crippen LogP contribution >= 0.6 is 0 Å². The van der Waals surface area contributed by atoms with Gasteiger partial charge in [0.2, 0.25) is 0 Å². The maximum Gasteiger partial charge on any atom is 0.0874 e. The molecule has 1 aromatic rings. The molecule has 1 fully saturated rings. The minimum atomic E-state index is 0.0992. The quantitative estimate of drug-likeness (QED) is 0.455. The molecule has 2 heteroatoms. The SMILES string of the molecule is CCC1(CCCO/C=C(/C)c2ccccc2)CCCCCCO1. The Morgan fingerprint density at radius 1 is 1.17 bits per heavy atom. The van der Waals surface area contributed by atoms with E-state index in [2.05, 4.69) is 38.1 Å². The second-order valence-electron chi connectivity index (χ2n) is 6.69. The van der Waals surface area contributed by atoms with Crippen molar-refractivity contribution in [3.05, 3.63) is 42.2 Å². The summed E-state index contributed by atoms with van der Waals surface area (Å²) < 4.78 is 12.0. The molecule has 0 aromatic heterocycles. The minimum Gasteiger partial charge on any atom is -0.501 e. The van der Waals surface area contributed by atoms with Crippen LogP contribution in [-0.2, 0) is 9.47 Å². The van der Waals surface area contributed by atoms with E-state index in [1.165, 1.54) is 43.2 Å². The molecule has 0 bridgehead atoms. The summed E-state index contributed by atoms with van der Waals surface area (Å²) in [6.07, 6.45) is 11.6. The molecule has 1 aliphatic rings. The molecule has 0 saturated carbocycles. The lowest BCUT2D eigenvalue weighted by molar-refractivity contribution is -0.0717. The standard InChI is InChI=1S/C21H32O2/c1-3-21(14-9-4-5-10-17-23-21)15-11-16-22-18-19(2)20-12-7-6-8-13-20/h6-8,12-13,18H,3-5,9-11,14-17H2,1-2H3/b19-18-. The Kier molecular flexibility index (Phi) is 7.67. The van der Waals surface area contributed by atoms with Crippen LogP contribution in [-0.4, -0.2) is 18.8 Å². The smallest absolute Gasteiger partial charge is 0.0874 e. The number of benzene rings is 1. The van der Waals surface area contributed by atoms with Crippen LogP contribution in [0.2, 0.25) is 0 Å². The molecule has 0 spiro atoms. The van der Waals surface area contributed by atoms with Crippen LogP contribution in [0.1, 0.15) is 70.8 Å². The number of ether oxygens (including phenoxy) is 2. The average molecular weight is 316 g/mol. The van der Waals surface area contributed by atoms with Gasteiger partial charge in [-0.25, -0.2) is 0 Å². The molecule has 128 valence electrons. The fraction of sp³-hybridized carbons (Fsp3) is 0.619. The Morgan fingerprint density at radius 3 is 2.74 bits per heavy atom. The van der Waals surface area contributed by atoms with Crippen LogP contribution in [0.15, 0.2) is 36.6 Å². The highest BCUT2D eigenvalue weighted by Crippen LogP contribution is 2.31. The summed E-state index contributed by atoms with van der Waals surface area (Å²) in [6.45, 7) is 6.07. The summed E-state index contributed by atoms with van der Waals surface area (Å²) >= 11 is 0. The zero-order valence-corrected chi connectivity index (χ0v) is 14.9. The summed E-state index contributed by atoms with van der Waals surface area (Å²) in [6, 6.07) is 10.4. The number of allylic oxidation sites excluding steroid dienone is 1. The Labute approximate surface area is 141 Å². The van der Waals surface area contributed by atoms with Crippen molar-refractivity contribution in [2.24, 2.45) is 0 Å². The molecule has 1 heterocycles. The van der Waals surface area contributed by atoms with E-state index in [0.29, 0.717) is 0 Å². The molecule has 0 N–H and O–H groups in total. The largest absolute Gasteiger partial charge is 0.501 e. The van der Waals surface area contributed by atoms with Crippen molar-refractivity contribution < 1.29 is 9.47 Å². The second kappa shape index (κ2) is 9.77. The highest BCUT2D eigenvalue weighted by molar-refractivity contribution is 5.62. The number of hydrogen-bond acceptors (Lipinski definition) is 2. The molecule has 1 unspecified atom stereocenters. The van der Waals surface area contributed by atoms with Gasteiger partial charge in [0, 0.05) is 6.61 Å². The molecule has 1 saturated heterocycles. The fourth-order valence-electron chi connectivity index (χ4n) is 3.35. The molecular weight excluding hydrogens is 284 g/mol. The van der Waals surface area contributed by atoms with Gasteiger partial charge in [0.25, 0.3) is 0 Å². The first-order valence-electron chi connectivity index (χ1n) is 9.23. The van der Waals surface area contributed by atoms with Crippen molar-refractivity contribution in [3.8, 4) is 0 Å². The van der Waals surface area contributed by atoms with E-state index in [1.807, 2.05) is 12.3 Å². The minimum absolute atomic E-state index is 0.0992. The lowest BCUT2D eigenvalue weighted by Crippen LogP contribution is -2.33. The van der Waals surface area contributed by atoms with Crippen molar-refractivity contribution >= 4 is 5.57 Å². The van der Waals surface area contributed by atoms with Gasteiger partial charge in [-0.3, -0.25) is 0 Å². The van der Waals surface area contributed by atoms with Gasteiger partial charge in [-0.2, -0.15) is 0 Å². The van der Waals surface area contributed by atoms with E-state index in [1.54, 1.807) is 0 Å². The third-order valence-electron chi connectivity index (χ3n) is 4.96. The molecule has 1 aromatic carbocycles. The normalized spacial score (nSPS) is 23.1. The van der Waals surface area contributed by atoms with Gasteiger partial charge < -0.3 is 9.47 Å². The maximum absolute atomic E-state index is 6.25. The Bertz CT molecular complexity index is 456. The Hall–Kier alpha value is -1.28. The monoisotopic (exact) mass is 316 g/mol. The molecule has 2 rings (SSSR count). The van der Waals surface area contributed by atoms with Crippen LogP contribution < -0.4 is 0 Å². The molecular formula is C21H32O2. The number of hydrogen-bond donors (Lipinski definition) is 0. The summed E-state index contributed by atoms with van der Waals surface area (Å²) in [5.41, 5.74) is 2.50. The molecule has 0 aliphatic carbocycles. The van der Waals surface area contributed by atoms with Gasteiger partial charge in [0.15, 0.2) is 0 Å². The maximum atomic E-state index is 6.25. The van der Waals surface area contributed by atoms with E-state index >= 15 is 0 Å². The van der Waals surface area contributed by atoms with E-state index in [0.717, 1.165) is 32.5 Å². The van der Waals surface area contributed by atoms with Crippen molar-refractivity contribution in [1.82, 2.24) is 0 Å². The van der Waals surface area contributed by atoms with Crippen molar-refractivity contribution in [2.45, 2.75) is 70.8 Å². The van der Waals surface area contributed by atoms with Crippen LogP contribution in [0.4, 0.5) is 0 Å². The van der Waals surface area contributed by atoms with E-state index < -0.39 is 0 Å². The molecule has 1 aliphatic heterocycles. The zero-order valence-electron chi connectivity index (χ0n) is 14.9. The van der Waals surface area contributed by atoms with Crippen LogP contribution in [0.5, 0.6) is 0 Å². The Morgan fingerprint density at radius 2 is 1.96 bits per heavy atom. The predicted octanol–water partition coefficient (Wildman–Crippen LogP) is 5.97.